The van der Waals surface area contributed by atoms with Crippen LogP contribution >= 0.6 is 7.60 Å². The number of methoxy groups -OCH3 is 1. The Balaban J connectivity index is 1.66. The van der Waals surface area contributed by atoms with E-state index in [0.29, 0.717) is 12.6 Å². The molecule has 0 saturated carbocycles. The summed E-state index contributed by atoms with van der Waals surface area (Å²) in [6.45, 7) is 5.61. The topological polar surface area (TPSA) is 72.5 Å². The second-order valence-electron chi connectivity index (χ2n) is 7.27. The molecule has 6 atom stereocenters. The van der Waals surface area contributed by atoms with Crippen LogP contribution in [0.4, 0.5) is 0 Å². The maximum absolute atomic E-state index is 13.2. The van der Waals surface area contributed by atoms with Crippen molar-refractivity contribution in [2.45, 2.75) is 63.7 Å². The fourth-order valence-corrected chi connectivity index (χ4v) is 5.74. The van der Waals surface area contributed by atoms with E-state index in [1.54, 1.807) is 7.11 Å². The summed E-state index contributed by atoms with van der Waals surface area (Å²) in [5, 5.41) is 0. The molecule has 1 aromatic rings. The van der Waals surface area contributed by atoms with Crippen LogP contribution in [0.5, 0.6) is 5.75 Å². The number of benzene rings is 1. The second kappa shape index (κ2) is 6.59. The second-order valence-corrected chi connectivity index (χ2v) is 9.36. The first kappa shape index (κ1) is 18.4. The van der Waals surface area contributed by atoms with Crippen molar-refractivity contribution in [3.8, 4) is 5.75 Å². The van der Waals surface area contributed by atoms with Gasteiger partial charge in [0.2, 0.25) is 0 Å². The zero-order valence-electron chi connectivity index (χ0n) is 15.4. The summed E-state index contributed by atoms with van der Waals surface area (Å²) in [6, 6.07) is 7.48. The molecule has 4 rings (SSSR count). The Kier molecular flexibility index (Phi) is 4.66. The standard InChI is InChI=1S/C18H25O7P/c1-5-10-26(19)24-13(11-6-8-12(20-4)9-7-11)14-15(25-26)16-17(21-14)23-18(2,3)22-16/h6-9,13-17H,5,10H2,1-4H3/t13-,14+,15-,16+,17+,26-/m0/s1. The van der Waals surface area contributed by atoms with Crippen molar-refractivity contribution in [2.24, 2.45) is 0 Å². The first-order valence-electron chi connectivity index (χ1n) is 8.95. The summed E-state index contributed by atoms with van der Waals surface area (Å²) in [7, 11) is -1.65. The molecule has 0 aromatic heterocycles. The lowest BCUT2D eigenvalue weighted by Gasteiger charge is -2.39. The van der Waals surface area contributed by atoms with Crippen LogP contribution in [0.25, 0.3) is 0 Å². The molecule has 26 heavy (non-hydrogen) atoms. The Morgan fingerprint density at radius 1 is 1.08 bits per heavy atom. The molecule has 0 N–H and O–H groups in total. The Morgan fingerprint density at radius 3 is 2.46 bits per heavy atom. The molecule has 3 aliphatic heterocycles. The van der Waals surface area contributed by atoms with Gasteiger partial charge in [0.15, 0.2) is 12.1 Å². The van der Waals surface area contributed by atoms with E-state index in [4.69, 9.17) is 28.0 Å². The van der Waals surface area contributed by atoms with Crippen molar-refractivity contribution < 1.29 is 32.6 Å². The summed E-state index contributed by atoms with van der Waals surface area (Å²) in [5.74, 6) is -0.0153. The van der Waals surface area contributed by atoms with Gasteiger partial charge in [0, 0.05) is 6.16 Å². The number of hydrogen-bond donors (Lipinski definition) is 0. The van der Waals surface area contributed by atoms with Crippen molar-refractivity contribution >= 4 is 7.60 Å². The Bertz CT molecular complexity index is 704. The predicted molar refractivity (Wildman–Crippen MR) is 93.2 cm³/mol. The molecule has 0 aliphatic carbocycles. The highest BCUT2D eigenvalue weighted by atomic mass is 31.2. The van der Waals surface area contributed by atoms with E-state index in [1.165, 1.54) is 0 Å². The number of rotatable bonds is 4. The van der Waals surface area contributed by atoms with Crippen molar-refractivity contribution in [1.82, 2.24) is 0 Å². The van der Waals surface area contributed by atoms with Crippen LogP contribution in [0.3, 0.4) is 0 Å². The minimum absolute atomic E-state index is 0.352. The summed E-state index contributed by atoms with van der Waals surface area (Å²) < 4.78 is 48.2. The van der Waals surface area contributed by atoms with Gasteiger partial charge in [-0.3, -0.25) is 13.6 Å². The molecule has 0 amide bonds. The van der Waals surface area contributed by atoms with E-state index in [2.05, 4.69) is 0 Å². The first-order chi connectivity index (χ1) is 12.3. The number of ether oxygens (including phenoxy) is 4. The Labute approximate surface area is 153 Å². The van der Waals surface area contributed by atoms with E-state index in [9.17, 15) is 4.57 Å². The van der Waals surface area contributed by atoms with E-state index in [-0.39, 0.29) is 0 Å². The molecule has 0 radical (unpaired) electrons. The normalized spacial score (nSPS) is 40.8. The zero-order chi connectivity index (χ0) is 18.5. The molecule has 3 heterocycles. The SMILES string of the molecule is CCC[P@@]1(=O)O[C@@H]2[C@H]3OC(C)(C)O[C@H]3O[C@@H]2[C@H](c2ccc(OC)cc2)O1. The third-order valence-electron chi connectivity index (χ3n) is 4.82. The number of fused-ring (bicyclic) bond motifs is 3. The summed E-state index contributed by atoms with van der Waals surface area (Å²) >= 11 is 0. The highest BCUT2D eigenvalue weighted by Crippen LogP contribution is 2.62. The van der Waals surface area contributed by atoms with Gasteiger partial charge in [-0.05, 0) is 38.0 Å². The van der Waals surface area contributed by atoms with E-state index in [1.807, 2.05) is 45.0 Å². The van der Waals surface area contributed by atoms with Gasteiger partial charge in [-0.2, -0.15) is 0 Å². The molecule has 3 saturated heterocycles. The van der Waals surface area contributed by atoms with E-state index < -0.39 is 44.1 Å². The number of hydrogen-bond acceptors (Lipinski definition) is 7. The molecule has 8 heteroatoms. The van der Waals surface area contributed by atoms with Gasteiger partial charge >= 0.3 is 7.60 Å². The first-order valence-corrected chi connectivity index (χ1v) is 10.7. The monoisotopic (exact) mass is 384 g/mol. The van der Waals surface area contributed by atoms with Crippen LogP contribution in [-0.4, -0.2) is 43.7 Å². The van der Waals surface area contributed by atoms with Crippen molar-refractivity contribution in [3.05, 3.63) is 29.8 Å². The van der Waals surface area contributed by atoms with Gasteiger partial charge in [0.1, 0.15) is 30.2 Å². The molecule has 3 aliphatic rings. The average Bonchev–Trinajstić information content (AvgIpc) is 3.06. The molecule has 0 spiro atoms. The molecule has 1 aromatic carbocycles. The zero-order valence-corrected chi connectivity index (χ0v) is 16.3. The Hall–Kier alpha value is -0.950. The molecule has 3 fully saturated rings. The third-order valence-corrected chi connectivity index (χ3v) is 6.93. The van der Waals surface area contributed by atoms with E-state index in [0.717, 1.165) is 11.3 Å². The van der Waals surface area contributed by atoms with Crippen LogP contribution < -0.4 is 4.74 Å². The van der Waals surface area contributed by atoms with Gasteiger partial charge in [0.05, 0.1) is 7.11 Å². The third kappa shape index (κ3) is 3.21. The summed E-state index contributed by atoms with van der Waals surface area (Å²) in [5.41, 5.74) is 0.861. The van der Waals surface area contributed by atoms with Crippen LogP contribution in [0.1, 0.15) is 38.9 Å². The van der Waals surface area contributed by atoms with E-state index >= 15 is 0 Å². The predicted octanol–water partition coefficient (Wildman–Crippen LogP) is 3.63. The van der Waals surface area contributed by atoms with Crippen LogP contribution in [-0.2, 0) is 27.8 Å². The maximum atomic E-state index is 13.2. The highest BCUT2D eigenvalue weighted by Gasteiger charge is 2.62. The van der Waals surface area contributed by atoms with Crippen molar-refractivity contribution in [2.75, 3.05) is 13.3 Å². The van der Waals surface area contributed by atoms with Gasteiger partial charge in [0.25, 0.3) is 0 Å². The minimum atomic E-state index is -3.26. The molecule has 0 unspecified atom stereocenters. The summed E-state index contributed by atoms with van der Waals surface area (Å²) in [6.07, 6.45) is -1.40. The van der Waals surface area contributed by atoms with Crippen LogP contribution in [0.2, 0.25) is 0 Å². The summed E-state index contributed by atoms with van der Waals surface area (Å²) in [4.78, 5) is 0. The smallest absolute Gasteiger partial charge is 0.331 e. The quantitative estimate of drug-likeness (QED) is 0.734. The van der Waals surface area contributed by atoms with Gasteiger partial charge in [-0.15, -0.1) is 0 Å². The molecule has 0 bridgehead atoms. The lowest BCUT2D eigenvalue weighted by atomic mass is 9.99. The molecular weight excluding hydrogens is 359 g/mol. The van der Waals surface area contributed by atoms with Gasteiger partial charge in [-0.25, -0.2) is 0 Å². The van der Waals surface area contributed by atoms with Crippen LogP contribution in [0, 0.1) is 0 Å². The van der Waals surface area contributed by atoms with Gasteiger partial charge < -0.3 is 18.9 Å². The van der Waals surface area contributed by atoms with Gasteiger partial charge in [-0.1, -0.05) is 19.1 Å². The maximum Gasteiger partial charge on any atom is 0.331 e. The Morgan fingerprint density at radius 2 is 1.81 bits per heavy atom. The molecule has 144 valence electrons. The lowest BCUT2D eigenvalue weighted by molar-refractivity contribution is -0.229. The molecular formula is C18H25O7P. The average molecular weight is 384 g/mol. The highest BCUT2D eigenvalue weighted by molar-refractivity contribution is 7.53. The fourth-order valence-electron chi connectivity index (χ4n) is 3.73. The van der Waals surface area contributed by atoms with Crippen molar-refractivity contribution in [3.63, 3.8) is 0 Å². The minimum Gasteiger partial charge on any atom is -0.497 e. The largest absolute Gasteiger partial charge is 0.497 e. The molecule has 7 nitrogen and oxygen atoms in total. The van der Waals surface area contributed by atoms with Crippen LogP contribution in [0.15, 0.2) is 24.3 Å². The van der Waals surface area contributed by atoms with Crippen molar-refractivity contribution in [1.29, 1.82) is 0 Å². The lowest BCUT2D eigenvalue weighted by Crippen LogP contribution is -2.43. The fraction of sp³-hybridized carbons (Fsp3) is 0.667.